The van der Waals surface area contributed by atoms with E-state index in [2.05, 4.69) is 10.0 Å². The van der Waals surface area contributed by atoms with Gasteiger partial charge in [0.05, 0.1) is 22.6 Å². The van der Waals surface area contributed by atoms with E-state index in [0.29, 0.717) is 35.1 Å². The normalized spacial score (nSPS) is 15.6. The number of benzene rings is 3. The fourth-order valence-electron chi connectivity index (χ4n) is 3.28. The molecule has 8 heteroatoms. The van der Waals surface area contributed by atoms with Gasteiger partial charge >= 0.3 is 0 Å². The van der Waals surface area contributed by atoms with Gasteiger partial charge < -0.3 is 10.1 Å². The molecule has 1 heterocycles. The summed E-state index contributed by atoms with van der Waals surface area (Å²) in [7, 11) is -3.74. The number of hydrogen-bond donors (Lipinski definition) is 2. The lowest BCUT2D eigenvalue weighted by Gasteiger charge is -2.27. The predicted octanol–water partition coefficient (Wildman–Crippen LogP) is 4.39. The van der Waals surface area contributed by atoms with Crippen LogP contribution >= 0.6 is 11.6 Å². The topological polar surface area (TPSA) is 84.5 Å². The molecule has 154 valence electrons. The Kier molecular flexibility index (Phi) is 5.65. The smallest absolute Gasteiger partial charge is 0.261 e. The Morgan fingerprint density at radius 3 is 2.43 bits per heavy atom. The first-order chi connectivity index (χ1) is 14.4. The van der Waals surface area contributed by atoms with Gasteiger partial charge in [-0.15, -0.1) is 0 Å². The molecule has 0 saturated heterocycles. The third-order valence-corrected chi connectivity index (χ3v) is 6.48. The number of ether oxygens (including phenoxy) is 1. The van der Waals surface area contributed by atoms with E-state index in [0.717, 1.165) is 5.56 Å². The Hall–Kier alpha value is -3.03. The van der Waals surface area contributed by atoms with Crippen LogP contribution in [0, 0.1) is 0 Å². The SMILES string of the molecule is O=C(NC1CCOc2c(Cl)cccc21)c1ccc(S(=O)(=O)Nc2ccccc2)cc1. The maximum Gasteiger partial charge on any atom is 0.261 e. The molecule has 1 aliphatic heterocycles. The molecular formula is C22H19ClN2O4S. The van der Waals surface area contributed by atoms with E-state index in [1.54, 1.807) is 36.4 Å². The molecule has 1 aliphatic rings. The minimum absolute atomic E-state index is 0.0751. The summed E-state index contributed by atoms with van der Waals surface area (Å²) in [6.07, 6.45) is 0.618. The molecule has 1 amide bonds. The van der Waals surface area contributed by atoms with Crippen molar-refractivity contribution in [2.75, 3.05) is 11.3 Å². The van der Waals surface area contributed by atoms with Crippen LogP contribution in [-0.2, 0) is 10.0 Å². The zero-order chi connectivity index (χ0) is 21.1. The minimum atomic E-state index is -3.74. The lowest BCUT2D eigenvalue weighted by molar-refractivity contribution is 0.0924. The van der Waals surface area contributed by atoms with Gasteiger partial charge in [0.1, 0.15) is 5.75 Å². The van der Waals surface area contributed by atoms with Crippen LogP contribution in [0.15, 0.2) is 77.7 Å². The Morgan fingerprint density at radius 2 is 1.70 bits per heavy atom. The lowest BCUT2D eigenvalue weighted by Crippen LogP contribution is -2.32. The van der Waals surface area contributed by atoms with E-state index in [-0.39, 0.29) is 16.8 Å². The molecule has 1 atom stereocenters. The Morgan fingerprint density at radius 1 is 0.967 bits per heavy atom. The zero-order valence-corrected chi connectivity index (χ0v) is 17.4. The summed E-state index contributed by atoms with van der Waals surface area (Å²) < 4.78 is 33.2. The van der Waals surface area contributed by atoms with Crippen molar-refractivity contribution in [3.8, 4) is 5.75 Å². The van der Waals surface area contributed by atoms with Crippen LogP contribution < -0.4 is 14.8 Å². The summed E-state index contributed by atoms with van der Waals surface area (Å²) in [6, 6.07) is 19.6. The second-order valence-electron chi connectivity index (χ2n) is 6.82. The molecule has 6 nitrogen and oxygen atoms in total. The average Bonchev–Trinajstić information content (AvgIpc) is 2.75. The lowest BCUT2D eigenvalue weighted by atomic mass is 10.00. The first kappa shape index (κ1) is 20.3. The first-order valence-corrected chi connectivity index (χ1v) is 11.2. The quantitative estimate of drug-likeness (QED) is 0.613. The van der Waals surface area contributed by atoms with Gasteiger partial charge in [-0.2, -0.15) is 0 Å². The van der Waals surface area contributed by atoms with Crippen molar-refractivity contribution >= 4 is 33.2 Å². The fraction of sp³-hybridized carbons (Fsp3) is 0.136. The van der Waals surface area contributed by atoms with Crippen molar-refractivity contribution in [3.63, 3.8) is 0 Å². The Labute approximate surface area is 179 Å². The highest BCUT2D eigenvalue weighted by Gasteiger charge is 2.25. The van der Waals surface area contributed by atoms with Crippen molar-refractivity contribution in [2.45, 2.75) is 17.4 Å². The number of anilines is 1. The summed E-state index contributed by atoms with van der Waals surface area (Å²) in [6.45, 7) is 0.448. The second-order valence-corrected chi connectivity index (χ2v) is 8.91. The molecule has 0 aliphatic carbocycles. The number of amides is 1. The number of rotatable bonds is 5. The van der Waals surface area contributed by atoms with Crippen molar-refractivity contribution in [2.24, 2.45) is 0 Å². The molecule has 3 aromatic carbocycles. The van der Waals surface area contributed by atoms with Crippen molar-refractivity contribution in [3.05, 3.63) is 88.9 Å². The molecule has 3 aromatic rings. The first-order valence-electron chi connectivity index (χ1n) is 9.34. The van der Waals surface area contributed by atoms with Gasteiger partial charge in [0, 0.05) is 23.2 Å². The molecule has 0 saturated carbocycles. The van der Waals surface area contributed by atoms with Gasteiger partial charge in [0.2, 0.25) is 0 Å². The van der Waals surface area contributed by atoms with Crippen LogP contribution in [0.3, 0.4) is 0 Å². The third kappa shape index (κ3) is 4.27. The maximum atomic E-state index is 12.7. The van der Waals surface area contributed by atoms with Gasteiger partial charge in [-0.05, 0) is 42.5 Å². The minimum Gasteiger partial charge on any atom is -0.492 e. The van der Waals surface area contributed by atoms with E-state index >= 15 is 0 Å². The highest BCUT2D eigenvalue weighted by molar-refractivity contribution is 7.92. The molecule has 4 rings (SSSR count). The van der Waals surface area contributed by atoms with Crippen molar-refractivity contribution in [1.82, 2.24) is 5.32 Å². The van der Waals surface area contributed by atoms with Crippen molar-refractivity contribution < 1.29 is 17.9 Å². The van der Waals surface area contributed by atoms with Crippen LogP contribution in [0.5, 0.6) is 5.75 Å². The number of carbonyl (C=O) groups excluding carboxylic acids is 1. The molecule has 0 radical (unpaired) electrons. The van der Waals surface area contributed by atoms with Gasteiger partial charge in [-0.25, -0.2) is 8.42 Å². The molecule has 30 heavy (non-hydrogen) atoms. The number of carbonyl (C=O) groups is 1. The van der Waals surface area contributed by atoms with Crippen molar-refractivity contribution in [1.29, 1.82) is 0 Å². The largest absolute Gasteiger partial charge is 0.492 e. The monoisotopic (exact) mass is 442 g/mol. The third-order valence-electron chi connectivity index (χ3n) is 4.78. The highest BCUT2D eigenvalue weighted by Crippen LogP contribution is 2.37. The number of fused-ring (bicyclic) bond motifs is 1. The fourth-order valence-corrected chi connectivity index (χ4v) is 4.58. The molecule has 0 fully saturated rings. The number of nitrogens with one attached hydrogen (secondary N) is 2. The molecular weight excluding hydrogens is 424 g/mol. The molecule has 0 bridgehead atoms. The molecule has 1 unspecified atom stereocenters. The van der Waals surface area contributed by atoms with Crippen LogP contribution in [0.1, 0.15) is 28.4 Å². The summed E-state index contributed by atoms with van der Waals surface area (Å²) in [4.78, 5) is 12.8. The van der Waals surface area contributed by atoms with Crippen LogP contribution in [-0.4, -0.2) is 20.9 Å². The van der Waals surface area contributed by atoms with E-state index in [1.165, 1.54) is 24.3 Å². The van der Waals surface area contributed by atoms with Crippen LogP contribution in [0.25, 0.3) is 0 Å². The average molecular weight is 443 g/mol. The summed E-state index contributed by atoms with van der Waals surface area (Å²) in [5.74, 6) is 0.289. The Balaban J connectivity index is 1.49. The van der Waals surface area contributed by atoms with Gasteiger partial charge in [0.25, 0.3) is 15.9 Å². The zero-order valence-electron chi connectivity index (χ0n) is 15.8. The summed E-state index contributed by atoms with van der Waals surface area (Å²) in [5.41, 5.74) is 1.66. The summed E-state index contributed by atoms with van der Waals surface area (Å²) in [5, 5.41) is 3.48. The number of sulfonamides is 1. The second kappa shape index (κ2) is 8.38. The maximum absolute atomic E-state index is 12.7. The predicted molar refractivity (Wildman–Crippen MR) is 115 cm³/mol. The standard InChI is InChI=1S/C22H19ClN2O4S/c23-19-8-4-7-18-20(13-14-29-21(18)19)24-22(26)15-9-11-17(12-10-15)30(27,28)25-16-5-2-1-3-6-16/h1-12,20,25H,13-14H2,(H,24,26). The van der Waals surface area contributed by atoms with E-state index in [9.17, 15) is 13.2 Å². The molecule has 0 spiro atoms. The number of halogens is 1. The Bertz CT molecular complexity index is 1170. The van der Waals surface area contributed by atoms with Crippen LogP contribution in [0.2, 0.25) is 5.02 Å². The molecule has 0 aromatic heterocycles. The van der Waals surface area contributed by atoms with E-state index in [4.69, 9.17) is 16.3 Å². The van der Waals surface area contributed by atoms with Gasteiger partial charge in [0.15, 0.2) is 0 Å². The van der Waals surface area contributed by atoms with Gasteiger partial charge in [-0.3, -0.25) is 9.52 Å². The van der Waals surface area contributed by atoms with E-state index < -0.39 is 10.0 Å². The van der Waals surface area contributed by atoms with Gasteiger partial charge in [-0.1, -0.05) is 41.9 Å². The highest BCUT2D eigenvalue weighted by atomic mass is 35.5. The number of para-hydroxylation sites is 2. The summed E-state index contributed by atoms with van der Waals surface area (Å²) >= 11 is 6.18. The van der Waals surface area contributed by atoms with Crippen LogP contribution in [0.4, 0.5) is 5.69 Å². The molecule has 2 N–H and O–H groups in total. The number of hydrogen-bond acceptors (Lipinski definition) is 4. The van der Waals surface area contributed by atoms with E-state index in [1.807, 2.05) is 12.1 Å².